The van der Waals surface area contributed by atoms with Crippen LogP contribution in [0.3, 0.4) is 0 Å². The van der Waals surface area contributed by atoms with E-state index in [0.29, 0.717) is 10.1 Å². The summed E-state index contributed by atoms with van der Waals surface area (Å²) >= 11 is 6.98. The van der Waals surface area contributed by atoms with E-state index in [4.69, 9.17) is 11.6 Å². The minimum atomic E-state index is -0.667. The number of halogens is 1. The van der Waals surface area contributed by atoms with E-state index in [9.17, 15) is 19.7 Å². The van der Waals surface area contributed by atoms with Crippen LogP contribution in [0, 0.1) is 17.0 Å². The van der Waals surface area contributed by atoms with Crippen LogP contribution < -0.4 is 10.6 Å². The van der Waals surface area contributed by atoms with Gasteiger partial charge in [0.1, 0.15) is 10.0 Å². The van der Waals surface area contributed by atoms with Gasteiger partial charge in [0.25, 0.3) is 11.6 Å². The highest BCUT2D eigenvalue weighted by Gasteiger charge is 2.16. The summed E-state index contributed by atoms with van der Waals surface area (Å²) in [6, 6.07) is 11.5. The van der Waals surface area contributed by atoms with Crippen molar-refractivity contribution in [2.45, 2.75) is 13.3 Å². The third-order valence-electron chi connectivity index (χ3n) is 3.98. The molecule has 0 saturated heterocycles. The molecule has 3 aromatic rings. The molecule has 2 N–H and O–H groups in total. The standard InChI is InChI=1S/C19H16ClN5O4S/c1-11-3-2-4-13(9-11)18-23-24-19(30-18)22-16(26)7-8-21-17(27)12-5-6-14(20)15(10-12)25(28)29/h2-6,9-10H,7-8H2,1H3,(H,21,27)(H,22,24,26). The number of carbonyl (C=O) groups excluding carboxylic acids is 2. The SMILES string of the molecule is Cc1cccc(-c2nnc(NC(=O)CCNC(=O)c3ccc(Cl)c([N+](=O)[O-])c3)s2)c1. The molecule has 1 aromatic heterocycles. The third-order valence-corrected chi connectivity index (χ3v) is 5.19. The minimum Gasteiger partial charge on any atom is -0.352 e. The van der Waals surface area contributed by atoms with Gasteiger partial charge in [0.15, 0.2) is 0 Å². The molecule has 0 saturated carbocycles. The molecule has 154 valence electrons. The fourth-order valence-corrected chi connectivity index (χ4v) is 3.48. The van der Waals surface area contributed by atoms with Gasteiger partial charge >= 0.3 is 0 Å². The number of benzene rings is 2. The van der Waals surface area contributed by atoms with Crippen molar-refractivity contribution in [2.75, 3.05) is 11.9 Å². The molecule has 0 aliphatic heterocycles. The molecule has 0 unspecified atom stereocenters. The average molecular weight is 446 g/mol. The lowest BCUT2D eigenvalue weighted by Crippen LogP contribution is -2.27. The molecule has 2 amide bonds. The van der Waals surface area contributed by atoms with Gasteiger partial charge in [0, 0.05) is 30.2 Å². The van der Waals surface area contributed by atoms with Crippen molar-refractivity contribution in [3.63, 3.8) is 0 Å². The van der Waals surface area contributed by atoms with Crippen molar-refractivity contribution in [1.82, 2.24) is 15.5 Å². The maximum absolute atomic E-state index is 12.1. The van der Waals surface area contributed by atoms with Crippen LogP contribution in [0.4, 0.5) is 10.8 Å². The van der Waals surface area contributed by atoms with E-state index in [0.717, 1.165) is 17.2 Å². The normalized spacial score (nSPS) is 10.5. The number of hydrogen-bond acceptors (Lipinski definition) is 7. The van der Waals surface area contributed by atoms with Crippen molar-refractivity contribution in [3.05, 3.63) is 68.7 Å². The van der Waals surface area contributed by atoms with Crippen LogP contribution in [0.2, 0.25) is 5.02 Å². The second-order valence-corrected chi connectivity index (χ2v) is 7.64. The number of nitrogens with zero attached hydrogens (tertiary/aromatic N) is 3. The highest BCUT2D eigenvalue weighted by Crippen LogP contribution is 2.27. The van der Waals surface area contributed by atoms with E-state index in [1.165, 1.54) is 23.5 Å². The third kappa shape index (κ3) is 5.37. The summed E-state index contributed by atoms with van der Waals surface area (Å²) in [5.74, 6) is -0.885. The smallest absolute Gasteiger partial charge is 0.288 e. The number of nitro benzene ring substituents is 1. The fourth-order valence-electron chi connectivity index (χ4n) is 2.54. The number of amides is 2. The second kappa shape index (κ2) is 9.42. The number of aromatic nitrogens is 2. The van der Waals surface area contributed by atoms with E-state index in [1.54, 1.807) is 0 Å². The van der Waals surface area contributed by atoms with E-state index < -0.39 is 10.8 Å². The Bertz CT molecular complexity index is 1120. The number of nitrogens with one attached hydrogen (secondary N) is 2. The summed E-state index contributed by atoms with van der Waals surface area (Å²) in [5, 5.41) is 25.1. The van der Waals surface area contributed by atoms with Gasteiger partial charge < -0.3 is 10.6 Å². The first kappa shape index (κ1) is 21.3. The first-order chi connectivity index (χ1) is 14.3. The molecule has 0 spiro atoms. The lowest BCUT2D eigenvalue weighted by molar-refractivity contribution is -0.384. The first-order valence-corrected chi connectivity index (χ1v) is 9.95. The Morgan fingerprint density at radius 2 is 2.00 bits per heavy atom. The summed E-state index contributed by atoms with van der Waals surface area (Å²) in [4.78, 5) is 34.5. The summed E-state index contributed by atoms with van der Waals surface area (Å²) in [5.41, 5.74) is 1.73. The Morgan fingerprint density at radius 3 is 2.73 bits per heavy atom. The molecule has 1 heterocycles. The van der Waals surface area contributed by atoms with Crippen LogP contribution in [-0.4, -0.2) is 33.5 Å². The maximum Gasteiger partial charge on any atom is 0.288 e. The number of nitro groups is 1. The highest BCUT2D eigenvalue weighted by molar-refractivity contribution is 7.18. The molecule has 11 heteroatoms. The van der Waals surface area contributed by atoms with Gasteiger partial charge in [-0.1, -0.05) is 46.7 Å². The number of carbonyl (C=O) groups is 2. The Labute approximate surface area is 180 Å². The molecule has 30 heavy (non-hydrogen) atoms. The molecule has 9 nitrogen and oxygen atoms in total. The van der Waals surface area contributed by atoms with E-state index in [2.05, 4.69) is 20.8 Å². The summed E-state index contributed by atoms with van der Waals surface area (Å²) in [6.45, 7) is 2.02. The van der Waals surface area contributed by atoms with Crippen LogP contribution in [0.5, 0.6) is 0 Å². The summed E-state index contributed by atoms with van der Waals surface area (Å²) < 4.78 is 0. The Balaban J connectivity index is 1.51. The molecule has 0 atom stereocenters. The number of rotatable bonds is 7. The van der Waals surface area contributed by atoms with Crippen LogP contribution in [-0.2, 0) is 4.79 Å². The van der Waals surface area contributed by atoms with Gasteiger partial charge in [-0.25, -0.2) is 0 Å². The fraction of sp³-hybridized carbons (Fsp3) is 0.158. The first-order valence-electron chi connectivity index (χ1n) is 8.76. The Hall–Kier alpha value is -3.37. The van der Waals surface area contributed by atoms with E-state index in [-0.39, 0.29) is 35.1 Å². The quantitative estimate of drug-likeness (QED) is 0.420. The Kier molecular flexibility index (Phi) is 6.70. The predicted molar refractivity (Wildman–Crippen MR) is 114 cm³/mol. The van der Waals surface area contributed by atoms with Gasteiger partial charge in [0.05, 0.1) is 4.92 Å². The van der Waals surface area contributed by atoms with E-state index >= 15 is 0 Å². The molecule has 3 rings (SSSR count). The van der Waals surface area contributed by atoms with E-state index in [1.807, 2.05) is 31.2 Å². The van der Waals surface area contributed by atoms with Crippen LogP contribution in [0.25, 0.3) is 10.6 Å². The molecule has 2 aromatic carbocycles. The lowest BCUT2D eigenvalue weighted by atomic mass is 10.1. The molecule has 0 radical (unpaired) electrons. The van der Waals surface area contributed by atoms with Crippen molar-refractivity contribution in [1.29, 1.82) is 0 Å². The number of anilines is 1. The molecule has 0 aliphatic rings. The molecular weight excluding hydrogens is 430 g/mol. The van der Waals surface area contributed by atoms with Crippen LogP contribution >= 0.6 is 22.9 Å². The Morgan fingerprint density at radius 1 is 1.20 bits per heavy atom. The molecule has 0 bridgehead atoms. The minimum absolute atomic E-state index is 0.000775. The van der Waals surface area contributed by atoms with Gasteiger partial charge in [-0.3, -0.25) is 19.7 Å². The molecular formula is C19H16ClN5O4S. The monoisotopic (exact) mass is 445 g/mol. The largest absolute Gasteiger partial charge is 0.352 e. The van der Waals surface area contributed by atoms with Crippen molar-refractivity contribution >= 4 is 45.6 Å². The highest BCUT2D eigenvalue weighted by atomic mass is 35.5. The predicted octanol–water partition coefficient (Wildman–Crippen LogP) is 3.83. The topological polar surface area (TPSA) is 127 Å². The van der Waals surface area contributed by atoms with Crippen molar-refractivity contribution in [2.24, 2.45) is 0 Å². The molecule has 0 aliphatic carbocycles. The van der Waals surface area contributed by atoms with Gasteiger partial charge in [-0.15, -0.1) is 10.2 Å². The number of aryl methyl sites for hydroxylation is 1. The van der Waals surface area contributed by atoms with Gasteiger partial charge in [-0.2, -0.15) is 0 Å². The van der Waals surface area contributed by atoms with Gasteiger partial charge in [0.2, 0.25) is 11.0 Å². The average Bonchev–Trinajstić information content (AvgIpc) is 3.16. The van der Waals surface area contributed by atoms with Crippen LogP contribution in [0.15, 0.2) is 42.5 Å². The molecule has 0 fully saturated rings. The summed E-state index contributed by atoms with van der Waals surface area (Å²) in [6.07, 6.45) is 0.000775. The summed E-state index contributed by atoms with van der Waals surface area (Å²) in [7, 11) is 0. The maximum atomic E-state index is 12.1. The van der Waals surface area contributed by atoms with Crippen molar-refractivity contribution in [3.8, 4) is 10.6 Å². The van der Waals surface area contributed by atoms with Crippen LogP contribution in [0.1, 0.15) is 22.3 Å². The zero-order valence-electron chi connectivity index (χ0n) is 15.7. The second-order valence-electron chi connectivity index (χ2n) is 6.26. The number of hydrogen-bond donors (Lipinski definition) is 2. The lowest BCUT2D eigenvalue weighted by Gasteiger charge is -2.05. The zero-order chi connectivity index (χ0) is 21.7. The van der Waals surface area contributed by atoms with Crippen molar-refractivity contribution < 1.29 is 14.5 Å². The van der Waals surface area contributed by atoms with Gasteiger partial charge in [-0.05, 0) is 25.1 Å². The zero-order valence-corrected chi connectivity index (χ0v) is 17.3.